The Hall–Kier alpha value is -2.86. The van der Waals surface area contributed by atoms with Gasteiger partial charge in [-0.3, -0.25) is 9.59 Å². The number of methoxy groups -OCH3 is 1. The van der Waals surface area contributed by atoms with Crippen molar-refractivity contribution < 1.29 is 14.3 Å². The van der Waals surface area contributed by atoms with E-state index in [1.54, 1.807) is 37.6 Å². The fourth-order valence-electron chi connectivity index (χ4n) is 2.71. The fourth-order valence-corrected chi connectivity index (χ4v) is 2.84. The van der Waals surface area contributed by atoms with E-state index < -0.39 is 6.04 Å². The second kappa shape index (κ2) is 10.6. The van der Waals surface area contributed by atoms with E-state index in [1.807, 2.05) is 39.0 Å². The highest BCUT2D eigenvalue weighted by Gasteiger charge is 2.22. The zero-order chi connectivity index (χ0) is 21.4. The number of halogens is 1. The minimum atomic E-state index is -0.702. The van der Waals surface area contributed by atoms with Gasteiger partial charge in [-0.2, -0.15) is 5.10 Å². The summed E-state index contributed by atoms with van der Waals surface area (Å²) in [5.41, 5.74) is 4.79. The molecule has 0 aliphatic rings. The highest BCUT2D eigenvalue weighted by molar-refractivity contribution is 6.30. The Morgan fingerprint density at radius 2 is 1.86 bits per heavy atom. The van der Waals surface area contributed by atoms with Crippen LogP contribution in [0.1, 0.15) is 41.8 Å². The van der Waals surface area contributed by atoms with Gasteiger partial charge in [0.05, 0.1) is 13.3 Å². The van der Waals surface area contributed by atoms with Crippen molar-refractivity contribution in [2.24, 2.45) is 11.0 Å². The van der Waals surface area contributed by atoms with Crippen LogP contribution in [-0.2, 0) is 4.79 Å². The van der Waals surface area contributed by atoms with Gasteiger partial charge in [0.15, 0.2) is 0 Å². The SMILES string of the molecule is COc1ccc(/C=N/NC(=O)C(CC(C)C)NC(=O)c2ccc(Cl)cc2)c(C)c1. The second-order valence-electron chi connectivity index (χ2n) is 7.12. The predicted molar refractivity (Wildman–Crippen MR) is 116 cm³/mol. The number of ether oxygens (including phenoxy) is 1. The Morgan fingerprint density at radius 1 is 1.17 bits per heavy atom. The average molecular weight is 416 g/mol. The first-order valence-electron chi connectivity index (χ1n) is 9.34. The fraction of sp³-hybridized carbons (Fsp3) is 0.318. The topological polar surface area (TPSA) is 79.8 Å². The molecular weight excluding hydrogens is 390 g/mol. The molecule has 7 heteroatoms. The monoisotopic (exact) mass is 415 g/mol. The molecule has 6 nitrogen and oxygen atoms in total. The van der Waals surface area contributed by atoms with Crippen molar-refractivity contribution in [1.29, 1.82) is 0 Å². The van der Waals surface area contributed by atoms with Gasteiger partial charge in [0.1, 0.15) is 11.8 Å². The van der Waals surface area contributed by atoms with Crippen molar-refractivity contribution in [2.45, 2.75) is 33.2 Å². The van der Waals surface area contributed by atoms with Crippen LogP contribution in [0.15, 0.2) is 47.6 Å². The molecule has 0 saturated carbocycles. The maximum atomic E-state index is 12.6. The van der Waals surface area contributed by atoms with E-state index in [0.717, 1.165) is 16.9 Å². The molecule has 2 amide bonds. The van der Waals surface area contributed by atoms with Crippen LogP contribution in [0.5, 0.6) is 5.75 Å². The Bertz CT molecular complexity index is 879. The van der Waals surface area contributed by atoms with Crippen molar-refractivity contribution in [3.63, 3.8) is 0 Å². The Morgan fingerprint density at radius 3 is 2.45 bits per heavy atom. The molecule has 2 aromatic rings. The summed E-state index contributed by atoms with van der Waals surface area (Å²) >= 11 is 5.86. The van der Waals surface area contributed by atoms with Gasteiger partial charge in [0.2, 0.25) is 0 Å². The van der Waals surface area contributed by atoms with E-state index in [0.29, 0.717) is 17.0 Å². The van der Waals surface area contributed by atoms with Crippen molar-refractivity contribution in [2.75, 3.05) is 7.11 Å². The smallest absolute Gasteiger partial charge is 0.262 e. The van der Waals surface area contributed by atoms with Crippen LogP contribution in [0.2, 0.25) is 5.02 Å². The first-order valence-corrected chi connectivity index (χ1v) is 9.72. The number of nitrogens with zero attached hydrogens (tertiary/aromatic N) is 1. The van der Waals surface area contributed by atoms with Gasteiger partial charge in [-0.25, -0.2) is 5.43 Å². The van der Waals surface area contributed by atoms with Gasteiger partial charge in [0, 0.05) is 10.6 Å². The van der Waals surface area contributed by atoms with Gasteiger partial charge in [-0.1, -0.05) is 25.4 Å². The van der Waals surface area contributed by atoms with E-state index in [-0.39, 0.29) is 17.7 Å². The van der Waals surface area contributed by atoms with E-state index >= 15 is 0 Å². The molecule has 0 radical (unpaired) electrons. The van der Waals surface area contributed by atoms with E-state index in [4.69, 9.17) is 16.3 Å². The number of hydrogen-bond acceptors (Lipinski definition) is 4. The molecule has 154 valence electrons. The third-order valence-corrected chi connectivity index (χ3v) is 4.54. The Labute approximate surface area is 176 Å². The first kappa shape index (κ1) is 22.4. The average Bonchev–Trinajstić information content (AvgIpc) is 2.68. The van der Waals surface area contributed by atoms with Gasteiger partial charge in [-0.15, -0.1) is 0 Å². The molecule has 2 rings (SSSR count). The number of aryl methyl sites for hydroxylation is 1. The van der Waals surface area contributed by atoms with E-state index in [1.165, 1.54) is 0 Å². The Balaban J connectivity index is 2.04. The number of rotatable bonds is 8. The zero-order valence-electron chi connectivity index (χ0n) is 17.0. The maximum Gasteiger partial charge on any atom is 0.262 e. The molecule has 29 heavy (non-hydrogen) atoms. The van der Waals surface area contributed by atoms with Crippen LogP contribution in [0.3, 0.4) is 0 Å². The summed E-state index contributed by atoms with van der Waals surface area (Å²) in [6.07, 6.45) is 2.06. The van der Waals surface area contributed by atoms with Gasteiger partial charge >= 0.3 is 0 Å². The standard InChI is InChI=1S/C22H26ClN3O3/c1-14(2)11-20(25-21(27)16-5-8-18(23)9-6-16)22(28)26-24-13-17-7-10-19(29-4)12-15(17)3/h5-10,12-14,20H,11H2,1-4H3,(H,25,27)(H,26,28)/b24-13+. The van der Waals surface area contributed by atoms with Gasteiger partial charge in [0.25, 0.3) is 11.8 Å². The summed E-state index contributed by atoms with van der Waals surface area (Å²) in [5.74, 6) is 0.260. The molecule has 0 aliphatic heterocycles. The van der Waals surface area contributed by atoms with E-state index in [2.05, 4.69) is 15.8 Å². The second-order valence-corrected chi connectivity index (χ2v) is 7.56. The van der Waals surface area contributed by atoms with Gasteiger partial charge in [-0.05, 0) is 72.9 Å². The maximum absolute atomic E-state index is 12.6. The molecule has 1 atom stereocenters. The van der Waals surface area contributed by atoms with Crippen molar-refractivity contribution in [1.82, 2.24) is 10.7 Å². The number of amides is 2. The predicted octanol–water partition coefficient (Wildman–Crippen LogP) is 3.95. The first-order chi connectivity index (χ1) is 13.8. The molecule has 2 N–H and O–H groups in total. The molecule has 0 fully saturated rings. The minimum Gasteiger partial charge on any atom is -0.497 e. The van der Waals surface area contributed by atoms with Crippen LogP contribution >= 0.6 is 11.6 Å². The number of benzene rings is 2. The molecule has 2 aromatic carbocycles. The van der Waals surface area contributed by atoms with Crippen molar-refractivity contribution in [3.8, 4) is 5.75 Å². The molecule has 0 aromatic heterocycles. The summed E-state index contributed by atoms with van der Waals surface area (Å²) in [6.45, 7) is 5.90. The third-order valence-electron chi connectivity index (χ3n) is 4.29. The molecule has 0 spiro atoms. The highest BCUT2D eigenvalue weighted by atomic mass is 35.5. The van der Waals surface area contributed by atoms with Crippen LogP contribution in [-0.4, -0.2) is 31.2 Å². The largest absolute Gasteiger partial charge is 0.497 e. The molecule has 0 saturated heterocycles. The summed E-state index contributed by atoms with van der Waals surface area (Å²) in [7, 11) is 1.61. The quantitative estimate of drug-likeness (QED) is 0.506. The number of hydrogen-bond donors (Lipinski definition) is 2. The minimum absolute atomic E-state index is 0.212. The number of nitrogens with one attached hydrogen (secondary N) is 2. The number of carbonyl (C=O) groups excluding carboxylic acids is 2. The highest BCUT2D eigenvalue weighted by Crippen LogP contribution is 2.15. The summed E-state index contributed by atoms with van der Waals surface area (Å²) in [6, 6.07) is 11.4. The lowest BCUT2D eigenvalue weighted by Gasteiger charge is -2.19. The van der Waals surface area contributed by atoms with Crippen LogP contribution in [0.25, 0.3) is 0 Å². The lowest BCUT2D eigenvalue weighted by Crippen LogP contribution is -2.46. The summed E-state index contributed by atoms with van der Waals surface area (Å²) in [5, 5.41) is 7.36. The number of hydrazone groups is 1. The third kappa shape index (κ3) is 6.91. The zero-order valence-corrected chi connectivity index (χ0v) is 17.8. The summed E-state index contributed by atoms with van der Waals surface area (Å²) < 4.78 is 5.18. The Kier molecular flexibility index (Phi) is 8.21. The molecule has 0 bridgehead atoms. The molecule has 1 unspecified atom stereocenters. The van der Waals surface area contributed by atoms with Crippen LogP contribution in [0.4, 0.5) is 0 Å². The molecular formula is C22H26ClN3O3. The van der Waals surface area contributed by atoms with Gasteiger partial charge < -0.3 is 10.1 Å². The molecule has 0 heterocycles. The normalized spacial score (nSPS) is 12.1. The van der Waals surface area contributed by atoms with Crippen molar-refractivity contribution >= 4 is 29.6 Å². The molecule has 0 aliphatic carbocycles. The van der Waals surface area contributed by atoms with Crippen LogP contribution < -0.4 is 15.5 Å². The number of carbonyl (C=O) groups is 2. The van der Waals surface area contributed by atoms with Crippen LogP contribution in [0, 0.1) is 12.8 Å². The lowest BCUT2D eigenvalue weighted by molar-refractivity contribution is -0.123. The summed E-state index contributed by atoms with van der Waals surface area (Å²) in [4.78, 5) is 25.1. The van der Waals surface area contributed by atoms with E-state index in [9.17, 15) is 9.59 Å². The lowest BCUT2D eigenvalue weighted by atomic mass is 10.0. The van der Waals surface area contributed by atoms with Crippen molar-refractivity contribution in [3.05, 3.63) is 64.2 Å².